The van der Waals surface area contributed by atoms with Crippen LogP contribution in [0.25, 0.3) is 0 Å². The quantitative estimate of drug-likeness (QED) is 0.699. The third-order valence-corrected chi connectivity index (χ3v) is 5.40. The summed E-state index contributed by atoms with van der Waals surface area (Å²) >= 11 is 12.0. The molecule has 0 spiro atoms. The monoisotopic (exact) mass is 434 g/mol. The van der Waals surface area contributed by atoms with Crippen LogP contribution in [0.2, 0.25) is 10.0 Å². The number of benzene rings is 2. The molecule has 1 aliphatic rings. The first-order chi connectivity index (χ1) is 14.0. The Morgan fingerprint density at radius 3 is 2.52 bits per heavy atom. The van der Waals surface area contributed by atoms with Gasteiger partial charge in [-0.05, 0) is 49.1 Å². The van der Waals surface area contributed by atoms with Gasteiger partial charge >= 0.3 is 0 Å². The molecular formula is C22H24Cl2N2O3. The highest BCUT2D eigenvalue weighted by molar-refractivity contribution is 6.35. The smallest absolute Gasteiger partial charge is 0.254 e. The molecule has 1 unspecified atom stereocenters. The van der Waals surface area contributed by atoms with Crippen LogP contribution < -0.4 is 5.32 Å². The van der Waals surface area contributed by atoms with Crippen molar-refractivity contribution in [3.8, 4) is 0 Å². The zero-order valence-electron chi connectivity index (χ0n) is 16.3. The molecule has 0 saturated carbocycles. The molecule has 3 rings (SSSR count). The van der Waals surface area contributed by atoms with Crippen molar-refractivity contribution < 1.29 is 14.3 Å². The lowest BCUT2D eigenvalue weighted by Gasteiger charge is -2.24. The lowest BCUT2D eigenvalue weighted by Crippen LogP contribution is -2.45. The Hall–Kier alpha value is -2.08. The standard InChI is InChI=1S/C22H24Cl2N2O3/c1-2-29-14-16-7-4-3-6-15(16)13-25-21(27)20-8-5-9-26(20)22(28)17-10-18(23)12-19(24)11-17/h3-4,6-7,10-12,20H,2,5,8-9,13-14H2,1H3,(H,25,27). The van der Waals surface area contributed by atoms with Gasteiger partial charge in [0.05, 0.1) is 6.61 Å². The van der Waals surface area contributed by atoms with Gasteiger partial charge in [-0.15, -0.1) is 0 Å². The highest BCUT2D eigenvalue weighted by Gasteiger charge is 2.34. The summed E-state index contributed by atoms with van der Waals surface area (Å²) in [5.74, 6) is -0.390. The van der Waals surface area contributed by atoms with E-state index < -0.39 is 6.04 Å². The number of carbonyl (C=O) groups excluding carboxylic acids is 2. The van der Waals surface area contributed by atoms with Crippen molar-refractivity contribution in [1.29, 1.82) is 0 Å². The molecule has 0 radical (unpaired) electrons. The molecule has 0 aromatic heterocycles. The minimum absolute atomic E-state index is 0.157. The van der Waals surface area contributed by atoms with E-state index in [1.54, 1.807) is 23.1 Å². The molecule has 1 atom stereocenters. The van der Waals surface area contributed by atoms with Gasteiger partial charge in [0.2, 0.25) is 5.91 Å². The summed E-state index contributed by atoms with van der Waals surface area (Å²) in [6, 6.07) is 12.1. The molecule has 0 aliphatic carbocycles. The summed E-state index contributed by atoms with van der Waals surface area (Å²) in [4.78, 5) is 27.4. The summed E-state index contributed by atoms with van der Waals surface area (Å²) in [5, 5.41) is 3.77. The van der Waals surface area contributed by atoms with Crippen LogP contribution in [-0.4, -0.2) is 35.9 Å². The van der Waals surface area contributed by atoms with Crippen molar-refractivity contribution >= 4 is 35.0 Å². The molecule has 1 N–H and O–H groups in total. The number of hydrogen-bond acceptors (Lipinski definition) is 3. The van der Waals surface area contributed by atoms with E-state index in [1.807, 2.05) is 31.2 Å². The maximum absolute atomic E-state index is 12.9. The Balaban J connectivity index is 1.67. The molecule has 7 heteroatoms. The van der Waals surface area contributed by atoms with Gasteiger partial charge in [0.25, 0.3) is 5.91 Å². The molecule has 1 saturated heterocycles. The van der Waals surface area contributed by atoms with E-state index in [9.17, 15) is 9.59 Å². The molecule has 29 heavy (non-hydrogen) atoms. The van der Waals surface area contributed by atoms with Gasteiger partial charge in [-0.1, -0.05) is 47.5 Å². The first kappa shape index (κ1) is 21.6. The number of halogens is 2. The van der Waals surface area contributed by atoms with Gasteiger partial charge in [0.15, 0.2) is 0 Å². The lowest BCUT2D eigenvalue weighted by molar-refractivity contribution is -0.125. The van der Waals surface area contributed by atoms with Crippen molar-refractivity contribution in [1.82, 2.24) is 10.2 Å². The van der Waals surface area contributed by atoms with Gasteiger partial charge < -0.3 is 15.0 Å². The van der Waals surface area contributed by atoms with E-state index in [1.165, 1.54) is 0 Å². The summed E-state index contributed by atoms with van der Waals surface area (Å²) in [7, 11) is 0. The Labute approximate surface area is 180 Å². The van der Waals surface area contributed by atoms with Gasteiger partial charge in [-0.2, -0.15) is 0 Å². The van der Waals surface area contributed by atoms with E-state index >= 15 is 0 Å². The SMILES string of the molecule is CCOCc1ccccc1CNC(=O)C1CCCN1C(=O)c1cc(Cl)cc(Cl)c1. The number of ether oxygens (including phenoxy) is 1. The first-order valence-electron chi connectivity index (χ1n) is 9.69. The zero-order valence-corrected chi connectivity index (χ0v) is 17.8. The molecule has 2 aromatic carbocycles. The van der Waals surface area contributed by atoms with Crippen LogP contribution in [0.1, 0.15) is 41.3 Å². The van der Waals surface area contributed by atoms with Crippen molar-refractivity contribution in [2.75, 3.05) is 13.2 Å². The minimum atomic E-state index is -0.501. The summed E-state index contributed by atoms with van der Waals surface area (Å²) in [6.45, 7) is 4.01. The molecule has 154 valence electrons. The Morgan fingerprint density at radius 1 is 1.14 bits per heavy atom. The predicted octanol–water partition coefficient (Wildman–Crippen LogP) is 4.45. The molecule has 1 fully saturated rings. The number of nitrogens with one attached hydrogen (secondary N) is 1. The fourth-order valence-electron chi connectivity index (χ4n) is 3.51. The van der Waals surface area contributed by atoms with Crippen LogP contribution in [0.4, 0.5) is 0 Å². The number of carbonyl (C=O) groups is 2. The summed E-state index contributed by atoms with van der Waals surface area (Å²) < 4.78 is 5.50. The molecule has 0 bridgehead atoms. The topological polar surface area (TPSA) is 58.6 Å². The van der Waals surface area contributed by atoms with Crippen LogP contribution in [0, 0.1) is 0 Å². The van der Waals surface area contributed by atoms with E-state index in [4.69, 9.17) is 27.9 Å². The Bertz CT molecular complexity index is 868. The average molecular weight is 435 g/mol. The highest BCUT2D eigenvalue weighted by atomic mass is 35.5. The van der Waals surface area contributed by atoms with Gasteiger partial charge in [-0.25, -0.2) is 0 Å². The molecular weight excluding hydrogens is 411 g/mol. The molecule has 2 amide bonds. The second kappa shape index (κ2) is 10.1. The third kappa shape index (κ3) is 5.50. The van der Waals surface area contributed by atoms with Crippen molar-refractivity contribution in [3.05, 3.63) is 69.2 Å². The van der Waals surface area contributed by atoms with Crippen LogP contribution in [0.15, 0.2) is 42.5 Å². The van der Waals surface area contributed by atoms with Crippen LogP contribution in [0.5, 0.6) is 0 Å². The largest absolute Gasteiger partial charge is 0.377 e. The fraction of sp³-hybridized carbons (Fsp3) is 0.364. The molecule has 2 aromatic rings. The van der Waals surface area contributed by atoms with E-state index in [0.717, 1.165) is 17.5 Å². The number of amides is 2. The summed E-state index contributed by atoms with van der Waals surface area (Å²) in [6.07, 6.45) is 1.41. The Morgan fingerprint density at radius 2 is 1.83 bits per heavy atom. The normalized spacial score (nSPS) is 16.1. The predicted molar refractivity (Wildman–Crippen MR) is 114 cm³/mol. The molecule has 1 aliphatic heterocycles. The number of hydrogen-bond donors (Lipinski definition) is 1. The van der Waals surface area contributed by atoms with Gasteiger partial charge in [0.1, 0.15) is 6.04 Å². The van der Waals surface area contributed by atoms with E-state index in [-0.39, 0.29) is 11.8 Å². The van der Waals surface area contributed by atoms with Crippen molar-refractivity contribution in [2.24, 2.45) is 0 Å². The van der Waals surface area contributed by atoms with Crippen molar-refractivity contribution in [3.63, 3.8) is 0 Å². The van der Waals surface area contributed by atoms with Crippen LogP contribution >= 0.6 is 23.2 Å². The van der Waals surface area contributed by atoms with Gasteiger partial charge in [0, 0.05) is 35.3 Å². The number of nitrogens with zero attached hydrogens (tertiary/aromatic N) is 1. The second-order valence-corrected chi connectivity index (χ2v) is 7.81. The maximum atomic E-state index is 12.9. The highest BCUT2D eigenvalue weighted by Crippen LogP contribution is 2.24. The first-order valence-corrected chi connectivity index (χ1v) is 10.4. The van der Waals surface area contributed by atoms with Crippen LogP contribution in [0.3, 0.4) is 0 Å². The number of rotatable bonds is 7. The van der Waals surface area contributed by atoms with E-state index in [2.05, 4.69) is 5.32 Å². The Kier molecular flexibility index (Phi) is 7.53. The zero-order chi connectivity index (χ0) is 20.8. The molecule has 5 nitrogen and oxygen atoms in total. The second-order valence-electron chi connectivity index (χ2n) is 6.94. The summed E-state index contributed by atoms with van der Waals surface area (Å²) in [5.41, 5.74) is 2.44. The van der Waals surface area contributed by atoms with E-state index in [0.29, 0.717) is 48.3 Å². The van der Waals surface area contributed by atoms with Crippen LogP contribution in [-0.2, 0) is 22.7 Å². The third-order valence-electron chi connectivity index (χ3n) is 4.96. The maximum Gasteiger partial charge on any atom is 0.254 e. The number of likely N-dealkylation sites (tertiary alicyclic amines) is 1. The molecule has 1 heterocycles. The van der Waals surface area contributed by atoms with Crippen molar-refractivity contribution in [2.45, 2.75) is 39.0 Å². The average Bonchev–Trinajstić information content (AvgIpc) is 3.19. The minimum Gasteiger partial charge on any atom is -0.377 e. The fourth-order valence-corrected chi connectivity index (χ4v) is 4.03. The lowest BCUT2D eigenvalue weighted by atomic mass is 10.1. The van der Waals surface area contributed by atoms with Gasteiger partial charge in [-0.3, -0.25) is 9.59 Å².